The highest BCUT2D eigenvalue weighted by molar-refractivity contribution is 5.54. The molecule has 0 amide bonds. The third kappa shape index (κ3) is 5.39. The zero-order valence-electron chi connectivity index (χ0n) is 21.7. The van der Waals surface area contributed by atoms with Crippen LogP contribution < -0.4 is 4.74 Å². The summed E-state index contributed by atoms with van der Waals surface area (Å²) in [7, 11) is 0. The van der Waals surface area contributed by atoms with Crippen molar-refractivity contribution < 1.29 is 4.74 Å². The van der Waals surface area contributed by atoms with Gasteiger partial charge in [-0.2, -0.15) is 0 Å². The van der Waals surface area contributed by atoms with E-state index in [1.54, 1.807) is 0 Å². The van der Waals surface area contributed by atoms with Gasteiger partial charge in [-0.05, 0) is 34.4 Å². The molecule has 188 valence electrons. The molecular weight excluding hydrogens is 472 g/mol. The highest BCUT2D eigenvalue weighted by Crippen LogP contribution is 2.42. The molecule has 0 spiro atoms. The summed E-state index contributed by atoms with van der Waals surface area (Å²) in [5.41, 5.74) is 7.22. The molecule has 6 aromatic carbocycles. The lowest BCUT2D eigenvalue weighted by Gasteiger charge is -2.24. The number of ether oxygens (including phenoxy) is 1. The van der Waals surface area contributed by atoms with Crippen LogP contribution in [0.2, 0.25) is 0 Å². The fourth-order valence-corrected chi connectivity index (χ4v) is 5.43. The normalized spacial score (nSPS) is 11.0. The molecular formula is C38H30O. The molecule has 0 aliphatic carbocycles. The first-order valence-electron chi connectivity index (χ1n) is 13.4. The van der Waals surface area contributed by atoms with Crippen molar-refractivity contribution in [2.45, 2.75) is 11.8 Å². The summed E-state index contributed by atoms with van der Waals surface area (Å²) in [6, 6.07) is 59.6. The molecule has 0 unspecified atom stereocenters. The van der Waals surface area contributed by atoms with E-state index in [9.17, 15) is 0 Å². The van der Waals surface area contributed by atoms with Gasteiger partial charge in [-0.15, -0.1) is 0 Å². The Bertz CT molecular complexity index is 1410. The fourth-order valence-electron chi connectivity index (χ4n) is 5.43. The number of rotatable bonds is 8. The monoisotopic (exact) mass is 502 g/mol. The van der Waals surface area contributed by atoms with Gasteiger partial charge < -0.3 is 4.74 Å². The summed E-state index contributed by atoms with van der Waals surface area (Å²) in [4.78, 5) is 0. The molecule has 6 aromatic rings. The van der Waals surface area contributed by atoms with E-state index in [1.165, 1.54) is 22.3 Å². The van der Waals surface area contributed by atoms with Crippen molar-refractivity contribution in [2.75, 3.05) is 0 Å². The molecule has 0 fully saturated rings. The van der Waals surface area contributed by atoms with Crippen molar-refractivity contribution in [1.29, 1.82) is 0 Å². The topological polar surface area (TPSA) is 9.23 Å². The van der Waals surface area contributed by atoms with Gasteiger partial charge in [0.25, 0.3) is 0 Å². The van der Waals surface area contributed by atoms with Gasteiger partial charge in [0.1, 0.15) is 11.5 Å². The molecule has 1 heteroatoms. The van der Waals surface area contributed by atoms with Crippen LogP contribution in [-0.2, 0) is 0 Å². The van der Waals surface area contributed by atoms with Gasteiger partial charge in [-0.1, -0.05) is 158 Å². The molecule has 0 aliphatic heterocycles. The Morgan fingerprint density at radius 1 is 0.282 bits per heavy atom. The summed E-state index contributed by atoms with van der Waals surface area (Å²) in [6.07, 6.45) is 0. The maximum atomic E-state index is 6.89. The van der Waals surface area contributed by atoms with Crippen LogP contribution in [0.1, 0.15) is 45.2 Å². The van der Waals surface area contributed by atoms with E-state index in [-0.39, 0.29) is 11.8 Å². The largest absolute Gasteiger partial charge is 0.457 e. The maximum absolute atomic E-state index is 6.89. The van der Waals surface area contributed by atoms with Crippen molar-refractivity contribution in [2.24, 2.45) is 0 Å². The van der Waals surface area contributed by atoms with Crippen LogP contribution in [0.25, 0.3) is 0 Å². The van der Waals surface area contributed by atoms with E-state index < -0.39 is 0 Å². The van der Waals surface area contributed by atoms with E-state index >= 15 is 0 Å². The Morgan fingerprint density at radius 3 is 0.846 bits per heavy atom. The van der Waals surface area contributed by atoms with Crippen molar-refractivity contribution in [1.82, 2.24) is 0 Å². The average molecular weight is 503 g/mol. The van der Waals surface area contributed by atoms with Gasteiger partial charge in [-0.25, -0.2) is 0 Å². The molecule has 0 aliphatic rings. The van der Waals surface area contributed by atoms with E-state index in [0.717, 1.165) is 22.6 Å². The zero-order chi connectivity index (χ0) is 26.3. The van der Waals surface area contributed by atoms with Gasteiger partial charge >= 0.3 is 0 Å². The van der Waals surface area contributed by atoms with Crippen LogP contribution in [0.15, 0.2) is 170 Å². The third-order valence-electron chi connectivity index (χ3n) is 7.21. The number of hydrogen-bond donors (Lipinski definition) is 0. The minimum Gasteiger partial charge on any atom is -0.457 e. The van der Waals surface area contributed by atoms with Crippen LogP contribution in [0, 0.1) is 0 Å². The lowest BCUT2D eigenvalue weighted by Crippen LogP contribution is -2.07. The first kappa shape index (κ1) is 24.5. The molecule has 6 rings (SSSR count). The number of hydrogen-bond acceptors (Lipinski definition) is 1. The number of benzene rings is 6. The van der Waals surface area contributed by atoms with Crippen molar-refractivity contribution in [3.63, 3.8) is 0 Å². The molecule has 1 nitrogen and oxygen atoms in total. The fraction of sp³-hybridized carbons (Fsp3) is 0.0526. The molecule has 39 heavy (non-hydrogen) atoms. The summed E-state index contributed by atoms with van der Waals surface area (Å²) in [5.74, 6) is 1.83. The summed E-state index contributed by atoms with van der Waals surface area (Å²) in [5, 5.41) is 0. The molecule has 0 saturated heterocycles. The Labute approximate surface area is 231 Å². The first-order valence-corrected chi connectivity index (χ1v) is 13.4. The maximum Gasteiger partial charge on any atom is 0.131 e. The average Bonchev–Trinajstić information content (AvgIpc) is 3.01. The molecule has 0 aromatic heterocycles. The molecule has 0 N–H and O–H groups in total. The Kier molecular flexibility index (Phi) is 7.32. The van der Waals surface area contributed by atoms with Gasteiger partial charge in [0, 0.05) is 23.0 Å². The number of para-hydroxylation sites is 2. The predicted octanol–water partition coefficient (Wildman–Crippen LogP) is 9.84. The SMILES string of the molecule is c1ccc(C(c2ccccc2)c2ccccc2Oc2ccccc2C(c2ccccc2)c2ccccc2)cc1. The van der Waals surface area contributed by atoms with Gasteiger partial charge in [0.2, 0.25) is 0 Å². The summed E-state index contributed by atoms with van der Waals surface area (Å²) in [6.45, 7) is 0. The Hall–Kier alpha value is -4.88. The van der Waals surface area contributed by atoms with Crippen LogP contribution in [0.3, 0.4) is 0 Å². The molecule has 0 bridgehead atoms. The lowest BCUT2D eigenvalue weighted by atomic mass is 9.84. The zero-order valence-corrected chi connectivity index (χ0v) is 21.7. The standard InChI is InChI=1S/C38H30O/c1-5-17-29(18-6-1)37(30-19-7-2-8-20-30)33-25-13-15-27-35(33)39-36-28-16-14-26-34(36)38(31-21-9-3-10-22-31)32-23-11-4-12-24-32/h1-28,37-38H. The van der Waals surface area contributed by atoms with Gasteiger partial charge in [-0.3, -0.25) is 0 Å². The minimum atomic E-state index is 0.0507. The second-order valence-electron chi connectivity index (χ2n) is 9.69. The third-order valence-corrected chi connectivity index (χ3v) is 7.21. The summed E-state index contributed by atoms with van der Waals surface area (Å²) >= 11 is 0. The highest BCUT2D eigenvalue weighted by Gasteiger charge is 2.24. The van der Waals surface area contributed by atoms with Crippen molar-refractivity contribution in [3.05, 3.63) is 203 Å². The van der Waals surface area contributed by atoms with Crippen LogP contribution >= 0.6 is 0 Å². The molecule has 0 saturated carbocycles. The van der Waals surface area contributed by atoms with Crippen LogP contribution in [-0.4, -0.2) is 0 Å². The van der Waals surface area contributed by atoms with E-state index in [1.807, 2.05) is 0 Å². The Balaban J connectivity index is 1.46. The Morgan fingerprint density at radius 2 is 0.538 bits per heavy atom. The van der Waals surface area contributed by atoms with Crippen LogP contribution in [0.4, 0.5) is 0 Å². The smallest absolute Gasteiger partial charge is 0.131 e. The predicted molar refractivity (Wildman–Crippen MR) is 161 cm³/mol. The second-order valence-corrected chi connectivity index (χ2v) is 9.69. The van der Waals surface area contributed by atoms with E-state index in [4.69, 9.17) is 4.74 Å². The molecule has 0 atom stereocenters. The van der Waals surface area contributed by atoms with Gasteiger partial charge in [0.15, 0.2) is 0 Å². The second kappa shape index (κ2) is 11.7. The lowest BCUT2D eigenvalue weighted by molar-refractivity contribution is 0.468. The quantitative estimate of drug-likeness (QED) is 0.188. The van der Waals surface area contributed by atoms with Crippen molar-refractivity contribution >= 4 is 0 Å². The highest BCUT2D eigenvalue weighted by atomic mass is 16.5. The summed E-state index contributed by atoms with van der Waals surface area (Å²) < 4.78 is 6.89. The van der Waals surface area contributed by atoms with Crippen molar-refractivity contribution in [3.8, 4) is 11.5 Å². The van der Waals surface area contributed by atoms with E-state index in [2.05, 4.69) is 170 Å². The first-order chi connectivity index (χ1) is 19.4. The molecule has 0 heterocycles. The van der Waals surface area contributed by atoms with Crippen LogP contribution in [0.5, 0.6) is 11.5 Å². The minimum absolute atomic E-state index is 0.0507. The van der Waals surface area contributed by atoms with E-state index in [0.29, 0.717) is 0 Å². The van der Waals surface area contributed by atoms with Gasteiger partial charge in [0.05, 0.1) is 0 Å². The molecule has 0 radical (unpaired) electrons.